The van der Waals surface area contributed by atoms with Crippen LogP contribution in [-0.2, 0) is 39.1 Å². The largest absolute Gasteiger partial charge is 0.343 e. The molecule has 0 unspecified atom stereocenters. The minimum Gasteiger partial charge on any atom is -0.343 e. The summed E-state index contributed by atoms with van der Waals surface area (Å²) < 4.78 is 0. The number of hydrogen-bond acceptors (Lipinski definition) is 0. The van der Waals surface area contributed by atoms with Crippen LogP contribution in [0.2, 0.25) is 0 Å². The van der Waals surface area contributed by atoms with Gasteiger partial charge in [-0.1, -0.05) is 61.0 Å². The second-order valence-electron chi connectivity index (χ2n) is 5.18. The first-order valence-electron chi connectivity index (χ1n) is 6.83. The maximum Gasteiger partial charge on any atom is 0 e. The molecule has 95 valence electrons. The van der Waals surface area contributed by atoms with E-state index in [9.17, 15) is 0 Å². The van der Waals surface area contributed by atoms with Crippen molar-refractivity contribution in [2.24, 2.45) is 0 Å². The van der Waals surface area contributed by atoms with Crippen LogP contribution in [-0.4, -0.2) is 0 Å². The van der Waals surface area contributed by atoms with Gasteiger partial charge in [0.05, 0.1) is 0 Å². The standard InChI is InChI=1S/C19H15.Y/c1-2-4-13-7-8-16-10-9-14-5-3-6-15-11-12-17(13)19(16)18(14)15;/h3,5-12H,1-2,4H2;/q-1;. The van der Waals surface area contributed by atoms with Gasteiger partial charge in [-0.2, -0.15) is 6.42 Å². The van der Waals surface area contributed by atoms with Crippen LogP contribution in [0.1, 0.15) is 12.0 Å². The fourth-order valence-electron chi connectivity index (χ4n) is 3.20. The summed E-state index contributed by atoms with van der Waals surface area (Å²) in [5.41, 5.74) is 1.42. The zero-order valence-electron chi connectivity index (χ0n) is 11.4. The fraction of sp³-hybridized carbons (Fsp3) is 0.105. The number of aryl methyl sites for hydroxylation is 1. The van der Waals surface area contributed by atoms with Gasteiger partial charge in [-0.25, -0.2) is 0 Å². The molecule has 1 radical (unpaired) electrons. The van der Waals surface area contributed by atoms with E-state index in [1.165, 1.54) is 37.9 Å². The van der Waals surface area contributed by atoms with Gasteiger partial charge >= 0.3 is 0 Å². The Bertz CT molecular complexity index is 861. The topological polar surface area (TPSA) is 0 Å². The maximum absolute atomic E-state index is 3.99. The van der Waals surface area contributed by atoms with Gasteiger partial charge in [-0.3, -0.25) is 0 Å². The van der Waals surface area contributed by atoms with E-state index >= 15 is 0 Å². The van der Waals surface area contributed by atoms with Crippen LogP contribution >= 0.6 is 0 Å². The normalized spacial score (nSPS) is 11.2. The van der Waals surface area contributed by atoms with Crippen LogP contribution in [0.4, 0.5) is 0 Å². The average molecular weight is 332 g/mol. The first kappa shape index (κ1) is 14.0. The second kappa shape index (κ2) is 5.43. The molecule has 4 rings (SSSR count). The van der Waals surface area contributed by atoms with Gasteiger partial charge in [-0.05, 0) is 37.9 Å². The molecule has 0 atom stereocenters. The molecule has 4 aromatic rings. The smallest absolute Gasteiger partial charge is 0 e. The van der Waals surface area contributed by atoms with E-state index in [0.29, 0.717) is 0 Å². The molecular formula is C19H15Y-. The molecular weight excluding hydrogens is 317 g/mol. The van der Waals surface area contributed by atoms with E-state index in [4.69, 9.17) is 0 Å². The van der Waals surface area contributed by atoms with Gasteiger partial charge in [-0.15, -0.1) is 0 Å². The molecule has 0 nitrogen and oxygen atoms in total. The Morgan fingerprint density at radius 3 is 2.00 bits per heavy atom. The fourth-order valence-corrected chi connectivity index (χ4v) is 3.20. The van der Waals surface area contributed by atoms with E-state index in [2.05, 4.69) is 61.5 Å². The monoisotopic (exact) mass is 332 g/mol. The van der Waals surface area contributed by atoms with Gasteiger partial charge in [0.15, 0.2) is 0 Å². The molecule has 0 N–H and O–H groups in total. The third-order valence-electron chi connectivity index (χ3n) is 4.07. The molecule has 0 saturated heterocycles. The predicted octanol–water partition coefficient (Wildman–Crippen LogP) is 5.35. The molecule has 0 spiro atoms. The van der Waals surface area contributed by atoms with Crippen molar-refractivity contribution in [3.8, 4) is 0 Å². The Morgan fingerprint density at radius 1 is 0.700 bits per heavy atom. The molecule has 4 aromatic carbocycles. The summed E-state index contributed by atoms with van der Waals surface area (Å²) in [7, 11) is 0. The Hall–Kier alpha value is -0.976. The van der Waals surface area contributed by atoms with Crippen molar-refractivity contribution in [2.45, 2.75) is 12.8 Å². The zero-order chi connectivity index (χ0) is 12.8. The Labute approximate surface area is 144 Å². The minimum atomic E-state index is 0. The van der Waals surface area contributed by atoms with Gasteiger partial charge in [0, 0.05) is 32.7 Å². The summed E-state index contributed by atoms with van der Waals surface area (Å²) in [5, 5.41) is 8.23. The Balaban J connectivity index is 0.00000121. The Morgan fingerprint density at radius 2 is 1.30 bits per heavy atom. The number of benzene rings is 4. The van der Waals surface area contributed by atoms with Crippen molar-refractivity contribution in [3.63, 3.8) is 0 Å². The van der Waals surface area contributed by atoms with E-state index in [1.54, 1.807) is 0 Å². The molecule has 0 aromatic heterocycles. The molecule has 0 aliphatic carbocycles. The van der Waals surface area contributed by atoms with Gasteiger partial charge in [0.25, 0.3) is 0 Å². The van der Waals surface area contributed by atoms with Crippen LogP contribution in [0.5, 0.6) is 0 Å². The molecule has 0 amide bonds. The average Bonchev–Trinajstić information content (AvgIpc) is 2.46. The third kappa shape index (κ3) is 1.98. The van der Waals surface area contributed by atoms with Crippen molar-refractivity contribution >= 4 is 32.3 Å². The molecule has 0 fully saturated rings. The number of rotatable bonds is 2. The summed E-state index contributed by atoms with van der Waals surface area (Å²) in [6.07, 6.45) is 2.00. The molecule has 0 bridgehead atoms. The Kier molecular flexibility index (Phi) is 3.79. The van der Waals surface area contributed by atoms with Crippen LogP contribution in [0.15, 0.2) is 54.6 Å². The zero-order valence-corrected chi connectivity index (χ0v) is 14.2. The van der Waals surface area contributed by atoms with Crippen molar-refractivity contribution in [1.82, 2.24) is 0 Å². The molecule has 1 heteroatoms. The molecule has 0 aliphatic rings. The van der Waals surface area contributed by atoms with E-state index < -0.39 is 0 Å². The summed E-state index contributed by atoms with van der Waals surface area (Å²) in [4.78, 5) is 0. The third-order valence-corrected chi connectivity index (χ3v) is 4.07. The SMILES string of the molecule is [CH2-]CCc1ccc2ccc3cccc4ccc1c2c34.[Y]. The molecule has 0 aliphatic heterocycles. The van der Waals surface area contributed by atoms with Crippen LogP contribution < -0.4 is 0 Å². The van der Waals surface area contributed by atoms with Gasteiger partial charge < -0.3 is 6.92 Å². The predicted molar refractivity (Wildman–Crippen MR) is 83.8 cm³/mol. The quantitative estimate of drug-likeness (QED) is 0.343. The van der Waals surface area contributed by atoms with Crippen LogP contribution in [0.25, 0.3) is 32.3 Å². The van der Waals surface area contributed by atoms with E-state index in [-0.39, 0.29) is 32.7 Å². The molecule has 20 heavy (non-hydrogen) atoms. The summed E-state index contributed by atoms with van der Waals surface area (Å²) in [5.74, 6) is 0. The van der Waals surface area contributed by atoms with Gasteiger partial charge in [0.1, 0.15) is 0 Å². The summed E-state index contributed by atoms with van der Waals surface area (Å²) in [6.45, 7) is 3.99. The van der Waals surface area contributed by atoms with Crippen molar-refractivity contribution in [3.05, 3.63) is 67.1 Å². The van der Waals surface area contributed by atoms with Crippen LogP contribution in [0.3, 0.4) is 0 Å². The van der Waals surface area contributed by atoms with E-state index in [1.807, 2.05) is 0 Å². The summed E-state index contributed by atoms with van der Waals surface area (Å²) in [6, 6.07) is 20.0. The minimum absolute atomic E-state index is 0. The second-order valence-corrected chi connectivity index (χ2v) is 5.18. The van der Waals surface area contributed by atoms with Crippen molar-refractivity contribution in [1.29, 1.82) is 0 Å². The van der Waals surface area contributed by atoms with Crippen molar-refractivity contribution < 1.29 is 32.7 Å². The molecule has 0 saturated carbocycles. The van der Waals surface area contributed by atoms with Gasteiger partial charge in [0.2, 0.25) is 0 Å². The summed E-state index contributed by atoms with van der Waals surface area (Å²) >= 11 is 0. The molecule has 0 heterocycles. The maximum atomic E-state index is 3.99. The first-order chi connectivity index (χ1) is 9.38. The van der Waals surface area contributed by atoms with Crippen LogP contribution in [0, 0.1) is 6.92 Å². The first-order valence-corrected chi connectivity index (χ1v) is 6.83. The number of hydrogen-bond donors (Lipinski definition) is 0. The van der Waals surface area contributed by atoms with Crippen molar-refractivity contribution in [2.75, 3.05) is 0 Å². The van der Waals surface area contributed by atoms with E-state index in [0.717, 1.165) is 12.8 Å².